The fraction of sp³-hybridized carbons (Fsp3) is 0.300. The molecule has 0 aliphatic rings. The van der Waals surface area contributed by atoms with Gasteiger partial charge in [-0.05, 0) is 6.92 Å². The fourth-order valence-corrected chi connectivity index (χ4v) is 1.32. The summed E-state index contributed by atoms with van der Waals surface area (Å²) in [4.78, 5) is 27.0. The van der Waals surface area contributed by atoms with Crippen molar-refractivity contribution in [1.82, 2.24) is 24.5 Å². The van der Waals surface area contributed by atoms with Crippen LogP contribution in [0.1, 0.15) is 6.92 Å². The lowest BCUT2D eigenvalue weighted by atomic mass is 10.6. The minimum absolute atomic E-state index is 0.0410. The summed E-state index contributed by atoms with van der Waals surface area (Å²) in [6, 6.07) is 0. The number of aromatic nitrogens is 5. The van der Waals surface area contributed by atoms with Crippen LogP contribution in [0.3, 0.4) is 0 Å². The van der Waals surface area contributed by atoms with Crippen LogP contribution >= 0.6 is 0 Å². The summed E-state index contributed by atoms with van der Waals surface area (Å²) >= 11 is 0. The second kappa shape index (κ2) is 5.76. The van der Waals surface area contributed by atoms with Gasteiger partial charge < -0.3 is 15.8 Å². The molecule has 0 spiro atoms. The molecule has 0 saturated carbocycles. The number of ether oxygens (including phenoxy) is 1. The van der Waals surface area contributed by atoms with Gasteiger partial charge in [-0.2, -0.15) is 15.0 Å². The zero-order valence-corrected chi connectivity index (χ0v) is 10.3. The average Bonchev–Trinajstić information content (AvgIpc) is 2.90. The third-order valence-corrected chi connectivity index (χ3v) is 2.07. The van der Waals surface area contributed by atoms with Gasteiger partial charge in [0.05, 0.1) is 6.61 Å². The van der Waals surface area contributed by atoms with Crippen molar-refractivity contribution in [1.29, 1.82) is 0 Å². The van der Waals surface area contributed by atoms with Gasteiger partial charge in [0.15, 0.2) is 0 Å². The second-order valence-corrected chi connectivity index (χ2v) is 3.45. The van der Waals surface area contributed by atoms with Crippen LogP contribution < -0.4 is 11.1 Å². The molecule has 0 unspecified atom stereocenters. The molecule has 0 atom stereocenters. The molecular formula is C10H13N7O2. The Labute approximate surface area is 108 Å². The van der Waals surface area contributed by atoms with E-state index in [9.17, 15) is 4.79 Å². The number of nitrogens with zero attached hydrogens (tertiary/aromatic N) is 5. The van der Waals surface area contributed by atoms with E-state index >= 15 is 0 Å². The van der Waals surface area contributed by atoms with Crippen LogP contribution in [0.2, 0.25) is 0 Å². The predicted octanol–water partition coefficient (Wildman–Crippen LogP) is -0.386. The number of hydrogen-bond donors (Lipinski definition) is 2. The Hall–Kier alpha value is -2.71. The number of esters is 1. The summed E-state index contributed by atoms with van der Waals surface area (Å²) in [5.41, 5.74) is 5.58. The number of imidazole rings is 1. The van der Waals surface area contributed by atoms with Crippen LogP contribution in [0.4, 0.5) is 11.9 Å². The molecule has 0 aliphatic carbocycles. The van der Waals surface area contributed by atoms with E-state index < -0.39 is 5.97 Å². The van der Waals surface area contributed by atoms with E-state index in [2.05, 4.69) is 25.3 Å². The lowest BCUT2D eigenvalue weighted by molar-refractivity contribution is -0.140. The number of carbonyl (C=O) groups is 1. The number of nitrogens with two attached hydrogens (primary N) is 1. The maximum Gasteiger partial charge on any atom is 0.325 e. The Morgan fingerprint density at radius 2 is 2.32 bits per heavy atom. The largest absolute Gasteiger partial charge is 0.465 e. The first-order valence-corrected chi connectivity index (χ1v) is 5.58. The molecular weight excluding hydrogens is 250 g/mol. The smallest absolute Gasteiger partial charge is 0.325 e. The molecule has 100 valence electrons. The van der Waals surface area contributed by atoms with E-state index in [1.165, 1.54) is 6.33 Å². The Kier molecular flexibility index (Phi) is 3.86. The maximum atomic E-state index is 11.2. The van der Waals surface area contributed by atoms with E-state index in [0.29, 0.717) is 12.6 Å². The molecule has 0 saturated heterocycles. The van der Waals surface area contributed by atoms with Crippen molar-refractivity contribution in [3.05, 3.63) is 18.7 Å². The van der Waals surface area contributed by atoms with Crippen LogP contribution in [0.15, 0.2) is 18.7 Å². The molecule has 9 nitrogen and oxygen atoms in total. The molecule has 0 amide bonds. The zero-order chi connectivity index (χ0) is 13.7. The summed E-state index contributed by atoms with van der Waals surface area (Å²) in [7, 11) is 0. The minimum Gasteiger partial charge on any atom is -0.465 e. The molecule has 0 fully saturated rings. The van der Waals surface area contributed by atoms with Gasteiger partial charge in [0.1, 0.15) is 12.9 Å². The van der Waals surface area contributed by atoms with E-state index in [0.717, 1.165) is 0 Å². The molecule has 2 rings (SSSR count). The topological polar surface area (TPSA) is 121 Å². The number of nitrogens with one attached hydrogen (secondary N) is 1. The first-order chi connectivity index (χ1) is 9.19. The molecule has 2 heterocycles. The monoisotopic (exact) mass is 263 g/mol. The van der Waals surface area contributed by atoms with Crippen molar-refractivity contribution in [2.45, 2.75) is 6.92 Å². The summed E-state index contributed by atoms with van der Waals surface area (Å²) in [5.74, 6) is 0.163. The maximum absolute atomic E-state index is 11.2. The molecule has 19 heavy (non-hydrogen) atoms. The first-order valence-electron chi connectivity index (χ1n) is 5.58. The first kappa shape index (κ1) is 12.7. The predicted molar refractivity (Wildman–Crippen MR) is 66.5 cm³/mol. The van der Waals surface area contributed by atoms with Gasteiger partial charge >= 0.3 is 5.97 Å². The summed E-state index contributed by atoms with van der Waals surface area (Å²) in [5, 5.41) is 2.72. The Morgan fingerprint density at radius 1 is 1.47 bits per heavy atom. The van der Waals surface area contributed by atoms with Gasteiger partial charge in [-0.3, -0.25) is 9.36 Å². The third-order valence-electron chi connectivity index (χ3n) is 2.07. The molecule has 0 radical (unpaired) electrons. The molecule has 9 heteroatoms. The van der Waals surface area contributed by atoms with Gasteiger partial charge in [-0.1, -0.05) is 0 Å². The molecule has 2 aromatic rings. The summed E-state index contributed by atoms with van der Waals surface area (Å²) < 4.78 is 6.35. The van der Waals surface area contributed by atoms with Crippen LogP contribution in [0, 0.1) is 0 Å². The van der Waals surface area contributed by atoms with Gasteiger partial charge in [-0.25, -0.2) is 4.98 Å². The van der Waals surface area contributed by atoms with Gasteiger partial charge in [0.25, 0.3) is 0 Å². The highest BCUT2D eigenvalue weighted by Crippen LogP contribution is 2.06. The Balaban J connectivity index is 2.11. The van der Waals surface area contributed by atoms with E-state index in [-0.39, 0.29) is 18.4 Å². The molecule has 2 aromatic heterocycles. The van der Waals surface area contributed by atoms with Crippen molar-refractivity contribution in [3.63, 3.8) is 0 Å². The molecule has 0 bridgehead atoms. The van der Waals surface area contributed by atoms with Crippen LogP contribution in [-0.2, 0) is 9.53 Å². The average molecular weight is 263 g/mol. The van der Waals surface area contributed by atoms with E-state index in [1.54, 1.807) is 23.9 Å². The van der Waals surface area contributed by atoms with Gasteiger partial charge in [0, 0.05) is 12.4 Å². The number of nitrogen functional groups attached to an aromatic ring is 1. The number of anilines is 2. The van der Waals surface area contributed by atoms with Crippen LogP contribution in [0.25, 0.3) is 5.95 Å². The number of carbonyl (C=O) groups excluding carboxylic acids is 1. The van der Waals surface area contributed by atoms with Crippen molar-refractivity contribution in [2.24, 2.45) is 0 Å². The molecule has 0 aromatic carbocycles. The van der Waals surface area contributed by atoms with Crippen molar-refractivity contribution >= 4 is 17.9 Å². The highest BCUT2D eigenvalue weighted by atomic mass is 16.5. The minimum atomic E-state index is -0.398. The van der Waals surface area contributed by atoms with Crippen molar-refractivity contribution in [2.75, 3.05) is 24.2 Å². The standard InChI is InChI=1S/C10H13N7O2/c1-2-19-7(18)5-13-9-14-8(11)15-10(16-9)17-4-3-12-6-17/h3-4,6H,2,5H2,1H3,(H3,11,13,14,15,16). The molecule has 3 N–H and O–H groups in total. The SMILES string of the molecule is CCOC(=O)CNc1nc(N)nc(-n2ccnc2)n1. The number of rotatable bonds is 5. The third kappa shape index (κ3) is 3.37. The van der Waals surface area contributed by atoms with E-state index in [1.807, 2.05) is 0 Å². The van der Waals surface area contributed by atoms with Gasteiger partial charge in [0.2, 0.25) is 17.8 Å². The zero-order valence-electron chi connectivity index (χ0n) is 10.3. The normalized spacial score (nSPS) is 10.2. The van der Waals surface area contributed by atoms with Crippen molar-refractivity contribution in [3.8, 4) is 5.95 Å². The lowest BCUT2D eigenvalue weighted by Crippen LogP contribution is -2.19. The number of hydrogen-bond acceptors (Lipinski definition) is 8. The van der Waals surface area contributed by atoms with Gasteiger partial charge in [-0.15, -0.1) is 0 Å². The fourth-order valence-electron chi connectivity index (χ4n) is 1.32. The highest BCUT2D eigenvalue weighted by molar-refractivity contribution is 5.74. The van der Waals surface area contributed by atoms with Crippen LogP contribution in [0.5, 0.6) is 0 Å². The van der Waals surface area contributed by atoms with E-state index in [4.69, 9.17) is 10.5 Å². The summed E-state index contributed by atoms with van der Waals surface area (Å²) in [6.07, 6.45) is 4.79. The highest BCUT2D eigenvalue weighted by Gasteiger charge is 2.08. The molecule has 0 aliphatic heterocycles. The second-order valence-electron chi connectivity index (χ2n) is 3.45. The van der Waals surface area contributed by atoms with Crippen molar-refractivity contribution < 1.29 is 9.53 Å². The summed E-state index contributed by atoms with van der Waals surface area (Å²) in [6.45, 7) is 2.01. The van der Waals surface area contributed by atoms with Crippen LogP contribution in [-0.4, -0.2) is 43.6 Å². The lowest BCUT2D eigenvalue weighted by Gasteiger charge is -2.07. The Bertz CT molecular complexity index is 555. The Morgan fingerprint density at radius 3 is 3.00 bits per heavy atom. The quantitative estimate of drug-likeness (QED) is 0.700.